The van der Waals surface area contributed by atoms with Gasteiger partial charge >= 0.3 is 0 Å². The summed E-state index contributed by atoms with van der Waals surface area (Å²) >= 11 is 1.41. The fourth-order valence-electron chi connectivity index (χ4n) is 4.48. The molecule has 1 N–H and O–H groups in total. The minimum atomic E-state index is -3.88. The third-order valence-electron chi connectivity index (χ3n) is 6.88. The quantitative estimate of drug-likeness (QED) is 0.328. The van der Waals surface area contributed by atoms with Gasteiger partial charge in [0.1, 0.15) is 12.4 Å². The van der Waals surface area contributed by atoms with E-state index in [0.717, 1.165) is 17.7 Å². The van der Waals surface area contributed by atoms with E-state index in [9.17, 15) is 21.6 Å². The Hall–Kier alpha value is -2.16. The van der Waals surface area contributed by atoms with Gasteiger partial charge in [0.05, 0.1) is 28.6 Å². The molecule has 0 saturated carbocycles. The van der Waals surface area contributed by atoms with Crippen molar-refractivity contribution >= 4 is 37.7 Å². The van der Waals surface area contributed by atoms with Crippen molar-refractivity contribution in [2.45, 2.75) is 34.5 Å². The Morgan fingerprint density at radius 2 is 1.64 bits per heavy atom. The van der Waals surface area contributed by atoms with Crippen LogP contribution in [0.25, 0.3) is 0 Å². The molecule has 39 heavy (non-hydrogen) atoms. The topological polar surface area (TPSA) is 122 Å². The highest BCUT2D eigenvalue weighted by Gasteiger charge is 2.27. The molecule has 0 spiro atoms. The lowest BCUT2D eigenvalue weighted by atomic mass is 9.98. The monoisotopic (exact) mass is 597 g/mol. The van der Waals surface area contributed by atoms with Gasteiger partial charge < -0.3 is 14.4 Å². The Labute approximate surface area is 235 Å². The van der Waals surface area contributed by atoms with E-state index in [1.54, 1.807) is 23.1 Å². The van der Waals surface area contributed by atoms with Gasteiger partial charge in [0, 0.05) is 37.6 Å². The van der Waals surface area contributed by atoms with Gasteiger partial charge in [-0.25, -0.2) is 21.6 Å². The second-order valence-corrected chi connectivity index (χ2v) is 14.1. The number of amides is 1. The molecule has 10 nitrogen and oxygen atoms in total. The number of nitrogens with one attached hydrogen (secondary N) is 1. The van der Waals surface area contributed by atoms with E-state index >= 15 is 0 Å². The molecule has 0 bridgehead atoms. The van der Waals surface area contributed by atoms with Gasteiger partial charge in [-0.2, -0.15) is 4.31 Å². The molecule has 2 aromatic carbocycles. The van der Waals surface area contributed by atoms with E-state index in [4.69, 9.17) is 9.47 Å². The first-order chi connectivity index (χ1) is 18.6. The van der Waals surface area contributed by atoms with E-state index < -0.39 is 20.0 Å². The van der Waals surface area contributed by atoms with Crippen LogP contribution in [0.1, 0.15) is 30.1 Å². The third-order valence-corrected chi connectivity index (χ3v) is 11.0. The minimum Gasteiger partial charge on any atom is -0.492 e. The fourth-order valence-corrected chi connectivity index (χ4v) is 7.49. The Bertz CT molecular complexity index is 1350. The Kier molecular flexibility index (Phi) is 9.94. The van der Waals surface area contributed by atoms with Gasteiger partial charge in [-0.3, -0.25) is 4.79 Å². The molecule has 0 unspecified atom stereocenters. The number of benzene rings is 2. The molecule has 2 aliphatic heterocycles. The van der Waals surface area contributed by atoms with Crippen molar-refractivity contribution < 1.29 is 31.1 Å². The number of hydrogen-bond donors (Lipinski definition) is 1. The summed E-state index contributed by atoms with van der Waals surface area (Å²) in [6.07, 6.45) is 3.73. The number of likely N-dealkylation sites (tertiary alicyclic amines) is 1. The van der Waals surface area contributed by atoms with Crippen molar-refractivity contribution in [3.8, 4) is 5.75 Å². The van der Waals surface area contributed by atoms with Gasteiger partial charge in [0.2, 0.25) is 20.0 Å². The number of nitrogens with zero attached hydrogens (tertiary/aromatic N) is 2. The molecule has 13 heteroatoms. The first kappa shape index (κ1) is 29.8. The van der Waals surface area contributed by atoms with Crippen LogP contribution in [0, 0.1) is 5.92 Å². The summed E-state index contributed by atoms with van der Waals surface area (Å²) in [7, 11) is -7.48. The van der Waals surface area contributed by atoms with Crippen LogP contribution in [0.4, 0.5) is 0 Å². The number of thioether (sulfide) groups is 1. The van der Waals surface area contributed by atoms with Crippen LogP contribution in [0.5, 0.6) is 5.75 Å². The lowest BCUT2D eigenvalue weighted by molar-refractivity contribution is 0.0693. The van der Waals surface area contributed by atoms with Crippen molar-refractivity contribution in [1.29, 1.82) is 0 Å². The number of rotatable bonds is 10. The molecule has 2 heterocycles. The molecule has 0 atom stereocenters. The van der Waals surface area contributed by atoms with Crippen molar-refractivity contribution in [3.63, 3.8) is 0 Å². The van der Waals surface area contributed by atoms with Crippen LogP contribution >= 0.6 is 11.8 Å². The summed E-state index contributed by atoms with van der Waals surface area (Å²) < 4.78 is 66.1. The van der Waals surface area contributed by atoms with Crippen LogP contribution in [0.3, 0.4) is 0 Å². The van der Waals surface area contributed by atoms with Gasteiger partial charge in [-0.15, -0.1) is 11.8 Å². The van der Waals surface area contributed by atoms with E-state index in [0.29, 0.717) is 56.6 Å². The van der Waals surface area contributed by atoms with Gasteiger partial charge in [-0.05, 0) is 67.5 Å². The average Bonchev–Trinajstić information content (AvgIpc) is 2.95. The fraction of sp³-hybridized carbons (Fsp3) is 0.500. The zero-order valence-electron chi connectivity index (χ0n) is 22.2. The van der Waals surface area contributed by atoms with Gasteiger partial charge in [-0.1, -0.05) is 6.92 Å². The molecular weight excluding hydrogens is 563 g/mol. The second-order valence-electron chi connectivity index (χ2n) is 9.57. The second kappa shape index (κ2) is 13.0. The van der Waals surface area contributed by atoms with E-state index in [1.807, 2.05) is 6.26 Å². The highest BCUT2D eigenvalue weighted by molar-refractivity contribution is 7.98. The predicted octanol–water partition coefficient (Wildman–Crippen LogP) is 2.66. The van der Waals surface area contributed by atoms with Crippen molar-refractivity contribution in [3.05, 3.63) is 48.0 Å². The smallest absolute Gasteiger partial charge is 0.255 e. The minimum absolute atomic E-state index is 0.00622. The molecule has 2 saturated heterocycles. The number of carbonyl (C=O) groups excluding carboxylic acids is 1. The molecule has 0 aromatic heterocycles. The maximum Gasteiger partial charge on any atom is 0.255 e. The Morgan fingerprint density at radius 1 is 1.00 bits per heavy atom. The highest BCUT2D eigenvalue weighted by Crippen LogP contribution is 2.27. The molecule has 1 amide bonds. The lowest BCUT2D eigenvalue weighted by Gasteiger charge is -2.30. The first-order valence-corrected chi connectivity index (χ1v) is 17.0. The van der Waals surface area contributed by atoms with Crippen molar-refractivity contribution in [2.24, 2.45) is 5.92 Å². The largest absolute Gasteiger partial charge is 0.492 e. The standard InChI is InChI=1S/C26H35N3O7S3/c1-20-9-12-28(13-10-20)26(30)24-19-23(7-8-25(24)37-2)38(31,32)27-11-16-36-21-3-5-22(6-4-21)39(33,34)29-14-17-35-18-15-29/h3-8,19-20,27H,9-18H2,1-2H3. The molecular formula is C26H35N3O7S3. The maximum atomic E-state index is 13.2. The lowest BCUT2D eigenvalue weighted by Crippen LogP contribution is -2.40. The van der Waals surface area contributed by atoms with Gasteiger partial charge in [0.25, 0.3) is 5.91 Å². The third kappa shape index (κ3) is 7.33. The number of hydrogen-bond acceptors (Lipinski definition) is 8. The normalized spacial score (nSPS) is 17.7. The summed E-state index contributed by atoms with van der Waals surface area (Å²) in [5.74, 6) is 0.849. The SMILES string of the molecule is CSc1ccc(S(=O)(=O)NCCOc2ccc(S(=O)(=O)N3CCOCC3)cc2)cc1C(=O)N1CCC(C)CC1. The summed E-state index contributed by atoms with van der Waals surface area (Å²) in [5.41, 5.74) is 0.392. The number of carbonyl (C=O) groups is 1. The van der Waals surface area contributed by atoms with E-state index in [2.05, 4.69) is 11.6 Å². The van der Waals surface area contributed by atoms with Crippen LogP contribution in [-0.4, -0.2) is 90.7 Å². The molecule has 2 fully saturated rings. The number of ether oxygens (including phenoxy) is 2. The predicted molar refractivity (Wildman–Crippen MR) is 149 cm³/mol. The van der Waals surface area contributed by atoms with E-state index in [-0.39, 0.29) is 28.8 Å². The van der Waals surface area contributed by atoms with Crippen LogP contribution in [0.2, 0.25) is 0 Å². The van der Waals surface area contributed by atoms with Gasteiger partial charge in [0.15, 0.2) is 0 Å². The molecule has 4 rings (SSSR count). The van der Waals surface area contributed by atoms with Crippen LogP contribution < -0.4 is 9.46 Å². The summed E-state index contributed by atoms with van der Waals surface area (Å²) in [5, 5.41) is 0. The molecule has 2 aromatic rings. The van der Waals surface area contributed by atoms with Crippen molar-refractivity contribution in [2.75, 3.05) is 58.8 Å². The summed E-state index contributed by atoms with van der Waals surface area (Å²) in [6.45, 7) is 4.90. The van der Waals surface area contributed by atoms with E-state index in [1.165, 1.54) is 40.3 Å². The number of piperidine rings is 1. The first-order valence-electron chi connectivity index (χ1n) is 12.9. The number of sulfonamides is 2. The zero-order chi connectivity index (χ0) is 28.0. The molecule has 214 valence electrons. The maximum absolute atomic E-state index is 13.2. The highest BCUT2D eigenvalue weighted by atomic mass is 32.2. The van der Waals surface area contributed by atoms with Crippen LogP contribution in [-0.2, 0) is 24.8 Å². The molecule has 2 aliphatic rings. The Balaban J connectivity index is 1.34. The molecule has 0 aliphatic carbocycles. The summed E-state index contributed by atoms with van der Waals surface area (Å²) in [4.78, 5) is 15.9. The Morgan fingerprint density at radius 3 is 2.28 bits per heavy atom. The molecule has 0 radical (unpaired) electrons. The van der Waals surface area contributed by atoms with Crippen molar-refractivity contribution in [1.82, 2.24) is 13.9 Å². The summed E-state index contributed by atoms with van der Waals surface area (Å²) in [6, 6.07) is 10.6. The van der Waals surface area contributed by atoms with Crippen LogP contribution in [0.15, 0.2) is 57.2 Å². The zero-order valence-corrected chi connectivity index (χ0v) is 24.6. The average molecular weight is 598 g/mol. The number of morpholine rings is 1.